The van der Waals surface area contributed by atoms with Gasteiger partial charge in [0, 0.05) is 36.7 Å². The lowest BCUT2D eigenvalue weighted by Crippen LogP contribution is -2.52. The van der Waals surface area contributed by atoms with Gasteiger partial charge in [0.15, 0.2) is 0 Å². The maximum Gasteiger partial charge on any atom is 0.335 e. The minimum atomic E-state index is -0.855. The second-order valence-electron chi connectivity index (χ2n) is 12.5. The number of benzene rings is 2. The van der Waals surface area contributed by atoms with Crippen LogP contribution in [0.4, 0.5) is 0 Å². The normalized spacial score (nSPS) is 26.1. The molecule has 6 nitrogen and oxygen atoms in total. The van der Waals surface area contributed by atoms with Crippen LogP contribution in [0.2, 0.25) is 10.0 Å². The minimum Gasteiger partial charge on any atom is -0.478 e. The van der Waals surface area contributed by atoms with Gasteiger partial charge in [-0.2, -0.15) is 0 Å². The number of halogens is 2. The van der Waals surface area contributed by atoms with E-state index in [-0.39, 0.29) is 5.60 Å². The summed E-state index contributed by atoms with van der Waals surface area (Å²) in [5.41, 5.74) is 5.49. The average Bonchev–Trinajstić information content (AvgIpc) is 3.72. The Morgan fingerprint density at radius 1 is 1.05 bits per heavy atom. The van der Waals surface area contributed by atoms with Gasteiger partial charge in [-0.1, -0.05) is 40.5 Å². The Kier molecular flexibility index (Phi) is 6.74. The molecule has 2 bridgehead atoms. The summed E-state index contributed by atoms with van der Waals surface area (Å²) in [6.07, 6.45) is 9.88. The van der Waals surface area contributed by atoms with E-state index in [1.807, 2.05) is 30.3 Å². The first kappa shape index (κ1) is 26.5. The lowest BCUT2D eigenvalue weighted by Gasteiger charge is -2.54. The molecule has 0 unspecified atom stereocenters. The van der Waals surface area contributed by atoms with Crippen LogP contribution in [0.25, 0.3) is 11.3 Å². The fraction of sp³-hybridized carbons (Fsp3) is 0.500. The molecule has 210 valence electrons. The van der Waals surface area contributed by atoms with Crippen molar-refractivity contribution in [2.75, 3.05) is 13.1 Å². The van der Waals surface area contributed by atoms with Gasteiger partial charge in [-0.05, 0) is 98.6 Å². The predicted octanol–water partition coefficient (Wildman–Crippen LogP) is 7.89. The van der Waals surface area contributed by atoms with Gasteiger partial charge >= 0.3 is 5.97 Å². The highest BCUT2D eigenvalue weighted by molar-refractivity contribution is 6.39. The SMILES string of the molecule is O=C(O)c1ccc2c(c1)CN(CC13CCC(OCc4c(-c5c(Cl)cccc5Cl)noc4C4CC4)(CC1)CC3)CC2. The molecule has 5 aliphatic rings. The van der Waals surface area contributed by atoms with Crippen LogP contribution in [0.5, 0.6) is 0 Å². The van der Waals surface area contributed by atoms with Gasteiger partial charge in [0.05, 0.1) is 27.8 Å². The Labute approximate surface area is 244 Å². The zero-order chi connectivity index (χ0) is 27.5. The number of aromatic carboxylic acids is 1. The third kappa shape index (κ3) is 4.87. The lowest BCUT2D eigenvalue weighted by molar-refractivity contribution is -0.148. The number of hydrogen-bond donors (Lipinski definition) is 1. The number of aromatic nitrogens is 1. The molecule has 0 saturated heterocycles. The van der Waals surface area contributed by atoms with Crippen LogP contribution < -0.4 is 0 Å². The molecule has 0 amide bonds. The number of fused-ring (bicyclic) bond motifs is 4. The molecule has 3 aromatic rings. The van der Waals surface area contributed by atoms with Crippen LogP contribution in [-0.4, -0.2) is 39.8 Å². The van der Waals surface area contributed by atoms with Crippen LogP contribution in [0.15, 0.2) is 40.9 Å². The monoisotopic (exact) mass is 580 g/mol. The molecule has 1 aromatic heterocycles. The van der Waals surface area contributed by atoms with E-state index >= 15 is 0 Å². The van der Waals surface area contributed by atoms with Gasteiger partial charge in [0.1, 0.15) is 11.5 Å². The van der Waals surface area contributed by atoms with Gasteiger partial charge in [-0.3, -0.25) is 4.90 Å². The summed E-state index contributed by atoms with van der Waals surface area (Å²) in [7, 11) is 0. The Morgan fingerprint density at radius 2 is 1.77 bits per heavy atom. The molecular formula is C32H34Cl2N2O4. The van der Waals surface area contributed by atoms with Gasteiger partial charge in [-0.25, -0.2) is 4.79 Å². The second kappa shape index (κ2) is 10.2. The van der Waals surface area contributed by atoms with Crippen molar-refractivity contribution in [3.05, 3.63) is 74.5 Å². The van der Waals surface area contributed by atoms with Crippen LogP contribution in [-0.2, 0) is 24.3 Å². The molecule has 4 saturated carbocycles. The van der Waals surface area contributed by atoms with Crippen molar-refractivity contribution in [3.8, 4) is 11.3 Å². The zero-order valence-electron chi connectivity index (χ0n) is 22.6. The number of carboxylic acid groups (broad SMARTS) is 1. The first-order valence-corrected chi connectivity index (χ1v) is 15.2. The van der Waals surface area contributed by atoms with E-state index in [0.29, 0.717) is 39.2 Å². The van der Waals surface area contributed by atoms with E-state index in [9.17, 15) is 9.90 Å². The predicted molar refractivity (Wildman–Crippen MR) is 154 cm³/mol. The molecule has 4 fully saturated rings. The maximum absolute atomic E-state index is 11.5. The molecular weight excluding hydrogens is 547 g/mol. The average molecular weight is 582 g/mol. The number of nitrogens with zero attached hydrogens (tertiary/aromatic N) is 2. The highest BCUT2D eigenvalue weighted by Gasteiger charge is 2.50. The van der Waals surface area contributed by atoms with Gasteiger partial charge in [0.2, 0.25) is 0 Å². The van der Waals surface area contributed by atoms with Crippen LogP contribution in [0.1, 0.15) is 90.1 Å². The molecule has 8 rings (SSSR count). The quantitative estimate of drug-likeness (QED) is 0.292. The van der Waals surface area contributed by atoms with Crippen molar-refractivity contribution in [1.29, 1.82) is 0 Å². The Hall–Kier alpha value is -2.38. The van der Waals surface area contributed by atoms with Crippen molar-refractivity contribution in [1.82, 2.24) is 10.1 Å². The zero-order valence-corrected chi connectivity index (χ0v) is 24.1. The van der Waals surface area contributed by atoms with Gasteiger partial charge in [0.25, 0.3) is 0 Å². The van der Waals surface area contributed by atoms with Crippen molar-refractivity contribution in [3.63, 3.8) is 0 Å². The van der Waals surface area contributed by atoms with E-state index in [2.05, 4.69) is 10.1 Å². The molecule has 40 heavy (non-hydrogen) atoms. The second-order valence-corrected chi connectivity index (χ2v) is 13.3. The molecule has 1 aliphatic heterocycles. The van der Waals surface area contributed by atoms with E-state index in [0.717, 1.165) is 94.3 Å². The highest BCUT2D eigenvalue weighted by atomic mass is 35.5. The van der Waals surface area contributed by atoms with Gasteiger partial charge < -0.3 is 14.4 Å². The van der Waals surface area contributed by atoms with Crippen molar-refractivity contribution >= 4 is 29.2 Å². The molecule has 0 atom stereocenters. The summed E-state index contributed by atoms with van der Waals surface area (Å²) in [4.78, 5) is 14.0. The summed E-state index contributed by atoms with van der Waals surface area (Å²) in [6.45, 7) is 3.42. The Bertz CT molecular complexity index is 1420. The topological polar surface area (TPSA) is 75.8 Å². The third-order valence-electron chi connectivity index (χ3n) is 9.93. The maximum atomic E-state index is 11.5. The number of rotatable bonds is 8. The summed E-state index contributed by atoms with van der Waals surface area (Å²) in [6, 6.07) is 11.1. The molecule has 1 N–H and O–H groups in total. The summed E-state index contributed by atoms with van der Waals surface area (Å²) in [5.74, 6) is 0.483. The Balaban J connectivity index is 1.03. The number of carbonyl (C=O) groups is 1. The fourth-order valence-electron chi connectivity index (χ4n) is 7.31. The van der Waals surface area contributed by atoms with E-state index in [1.54, 1.807) is 6.07 Å². The molecule has 0 radical (unpaired) electrons. The standard InChI is InChI=1S/C32H34Cl2N2O4/c33-25-2-1-3-26(34)27(25)28-24(29(40-35-28)21-5-6-21)18-39-32-12-9-31(10-13-32,11-14-32)19-36-15-8-20-4-7-22(30(37)38)16-23(20)17-36/h1-4,7,16,21H,5-6,8-15,17-19H2,(H,37,38). The first-order valence-electron chi connectivity index (χ1n) is 14.5. The molecule has 2 aromatic carbocycles. The van der Waals surface area contributed by atoms with E-state index in [1.165, 1.54) is 11.1 Å². The van der Waals surface area contributed by atoms with E-state index in [4.69, 9.17) is 32.5 Å². The smallest absolute Gasteiger partial charge is 0.335 e. The molecule has 4 aliphatic carbocycles. The minimum absolute atomic E-state index is 0.105. The van der Waals surface area contributed by atoms with Crippen LogP contribution >= 0.6 is 23.2 Å². The summed E-state index contributed by atoms with van der Waals surface area (Å²) < 4.78 is 12.7. The summed E-state index contributed by atoms with van der Waals surface area (Å²) >= 11 is 13.1. The number of carboxylic acids is 1. The highest BCUT2D eigenvalue weighted by Crippen LogP contribution is 2.55. The van der Waals surface area contributed by atoms with Crippen LogP contribution in [0.3, 0.4) is 0 Å². The van der Waals surface area contributed by atoms with Crippen molar-refractivity contribution in [2.45, 2.75) is 82.5 Å². The molecule has 2 heterocycles. The van der Waals surface area contributed by atoms with Crippen molar-refractivity contribution < 1.29 is 19.2 Å². The van der Waals surface area contributed by atoms with Crippen LogP contribution in [0, 0.1) is 5.41 Å². The fourth-order valence-corrected chi connectivity index (χ4v) is 7.89. The third-order valence-corrected chi connectivity index (χ3v) is 10.6. The largest absolute Gasteiger partial charge is 0.478 e. The Morgan fingerprint density at radius 3 is 2.45 bits per heavy atom. The summed E-state index contributed by atoms with van der Waals surface area (Å²) in [5, 5.41) is 15.0. The first-order chi connectivity index (χ1) is 19.3. The lowest BCUT2D eigenvalue weighted by atomic mass is 9.58. The van der Waals surface area contributed by atoms with E-state index < -0.39 is 5.97 Å². The molecule has 0 spiro atoms. The van der Waals surface area contributed by atoms with Crippen molar-refractivity contribution in [2.24, 2.45) is 5.41 Å². The number of ether oxygens (including phenoxy) is 1. The van der Waals surface area contributed by atoms with Gasteiger partial charge in [-0.15, -0.1) is 0 Å². The molecule has 8 heteroatoms. The number of hydrogen-bond acceptors (Lipinski definition) is 5.